The van der Waals surface area contributed by atoms with Gasteiger partial charge in [-0.05, 0) is 70.2 Å². The molecule has 3 aliphatic rings. The highest BCUT2D eigenvalue weighted by atomic mass is 19.1. The summed E-state index contributed by atoms with van der Waals surface area (Å²) < 4.78 is 17.5. The molecule has 5 amide bonds. The van der Waals surface area contributed by atoms with Crippen LogP contribution in [0.3, 0.4) is 0 Å². The van der Waals surface area contributed by atoms with Crippen LogP contribution in [-0.4, -0.2) is 88.6 Å². The zero-order valence-electron chi connectivity index (χ0n) is 28.6. The number of hydrogen-bond donors (Lipinski definition) is 4. The molecule has 1 aromatic heterocycles. The maximum Gasteiger partial charge on any atom is 0.315 e. The van der Waals surface area contributed by atoms with E-state index < -0.39 is 41.5 Å². The van der Waals surface area contributed by atoms with Gasteiger partial charge in [-0.3, -0.25) is 14.4 Å². The van der Waals surface area contributed by atoms with Gasteiger partial charge < -0.3 is 31.1 Å². The standard InChI is InChI=1S/C35H51FN8O4/c1-22(2)44-29(15-16-37-44)40-33(46)30(24-9-7-5-6-8-10-24)32(45)39-28-14-11-25(21-27(28)36)23(3)31(41-35(48)38-26-12-13-26)34(47)43-19-17-42(4)18-20-43/h11,14-16,21-24,26,30-31H,5-10,12-13,17-20H2,1-4H3,(H,39,45)(H,40,46)(H2,38,41,48)/t23-,30-,31+/m0/s1. The Bertz CT molecular complexity index is 1440. The lowest BCUT2D eigenvalue weighted by Crippen LogP contribution is -2.57. The van der Waals surface area contributed by atoms with Crippen LogP contribution in [0.1, 0.15) is 89.7 Å². The molecule has 0 unspecified atom stereocenters. The number of nitrogens with one attached hydrogen (secondary N) is 4. The Morgan fingerprint density at radius 1 is 0.875 bits per heavy atom. The average molecular weight is 667 g/mol. The third kappa shape index (κ3) is 8.91. The predicted molar refractivity (Wildman–Crippen MR) is 182 cm³/mol. The van der Waals surface area contributed by atoms with Gasteiger partial charge in [0.2, 0.25) is 17.7 Å². The molecule has 3 fully saturated rings. The summed E-state index contributed by atoms with van der Waals surface area (Å²) in [7, 11) is 2.00. The van der Waals surface area contributed by atoms with E-state index in [9.17, 15) is 19.2 Å². The van der Waals surface area contributed by atoms with Crippen LogP contribution < -0.4 is 21.3 Å². The molecule has 5 rings (SSSR count). The van der Waals surface area contributed by atoms with E-state index >= 15 is 4.39 Å². The molecule has 1 aliphatic heterocycles. The fourth-order valence-electron chi connectivity index (χ4n) is 6.76. The second-order valence-corrected chi connectivity index (χ2v) is 14.0. The van der Waals surface area contributed by atoms with Crippen molar-refractivity contribution in [2.24, 2.45) is 11.8 Å². The maximum atomic E-state index is 15.8. The van der Waals surface area contributed by atoms with Crippen LogP contribution in [0.15, 0.2) is 30.5 Å². The molecular formula is C35H51FN8O4. The van der Waals surface area contributed by atoms with E-state index in [0.29, 0.717) is 24.5 Å². The second-order valence-electron chi connectivity index (χ2n) is 14.0. The molecule has 2 saturated carbocycles. The van der Waals surface area contributed by atoms with Crippen LogP contribution in [0.5, 0.6) is 0 Å². The number of halogens is 1. The molecule has 0 radical (unpaired) electrons. The highest BCUT2D eigenvalue weighted by molar-refractivity contribution is 6.11. The van der Waals surface area contributed by atoms with Crippen molar-refractivity contribution < 1.29 is 23.6 Å². The van der Waals surface area contributed by atoms with Crippen molar-refractivity contribution in [3.63, 3.8) is 0 Å². The van der Waals surface area contributed by atoms with Crippen LogP contribution in [0, 0.1) is 17.7 Å². The van der Waals surface area contributed by atoms with E-state index in [0.717, 1.165) is 64.5 Å². The molecule has 0 spiro atoms. The SMILES string of the molecule is CC(C)n1nccc1NC(=O)[C@H](C(=O)Nc1ccc([C@H](C)[C@@H](NC(=O)NC2CC2)C(=O)N2CCN(C)CC2)cc1F)C1CCCCCC1. The maximum absolute atomic E-state index is 15.8. The van der Waals surface area contributed by atoms with E-state index in [2.05, 4.69) is 31.3 Å². The average Bonchev–Trinajstić information content (AvgIpc) is 3.81. The Hall–Kier alpha value is -4.00. The highest BCUT2D eigenvalue weighted by Crippen LogP contribution is 2.32. The summed E-state index contributed by atoms with van der Waals surface area (Å²) in [6, 6.07) is 4.93. The fraction of sp³-hybridized carbons (Fsp3) is 0.629. The first-order chi connectivity index (χ1) is 23.0. The molecule has 2 heterocycles. The zero-order valence-corrected chi connectivity index (χ0v) is 28.6. The van der Waals surface area contributed by atoms with Gasteiger partial charge in [-0.2, -0.15) is 5.10 Å². The fourth-order valence-corrected chi connectivity index (χ4v) is 6.76. The number of urea groups is 1. The smallest absolute Gasteiger partial charge is 0.315 e. The predicted octanol–water partition coefficient (Wildman–Crippen LogP) is 4.47. The quantitative estimate of drug-likeness (QED) is 0.206. The second kappa shape index (κ2) is 15.9. The topological polar surface area (TPSA) is 141 Å². The summed E-state index contributed by atoms with van der Waals surface area (Å²) >= 11 is 0. The van der Waals surface area contributed by atoms with Gasteiger partial charge in [0.1, 0.15) is 23.6 Å². The number of amides is 5. The van der Waals surface area contributed by atoms with Crippen molar-refractivity contribution >= 4 is 35.3 Å². The lowest BCUT2D eigenvalue weighted by Gasteiger charge is -2.36. The molecule has 1 aromatic carbocycles. The molecule has 4 N–H and O–H groups in total. The molecule has 2 aromatic rings. The van der Waals surface area contributed by atoms with Crippen LogP contribution in [-0.2, 0) is 14.4 Å². The number of hydrogen-bond acceptors (Lipinski definition) is 6. The number of nitrogens with zero attached hydrogens (tertiary/aromatic N) is 4. The van der Waals surface area contributed by atoms with Gasteiger partial charge in [-0.25, -0.2) is 13.9 Å². The third-order valence-corrected chi connectivity index (χ3v) is 9.90. The summed E-state index contributed by atoms with van der Waals surface area (Å²) in [5.74, 6) is -3.14. The number of carbonyl (C=O) groups is 4. The number of piperazine rings is 1. The summed E-state index contributed by atoms with van der Waals surface area (Å²) in [4.78, 5) is 57.9. The molecule has 2 aliphatic carbocycles. The minimum Gasteiger partial charge on any atom is -0.338 e. The van der Waals surface area contributed by atoms with Gasteiger partial charge >= 0.3 is 6.03 Å². The monoisotopic (exact) mass is 666 g/mol. The Kier molecular flexibility index (Phi) is 11.7. The number of rotatable bonds is 11. The summed E-state index contributed by atoms with van der Waals surface area (Å²) in [5.41, 5.74) is 0.459. The molecule has 48 heavy (non-hydrogen) atoms. The van der Waals surface area contributed by atoms with Crippen LogP contribution in [0.4, 0.5) is 20.7 Å². The molecule has 262 valence electrons. The van der Waals surface area contributed by atoms with E-state index in [4.69, 9.17) is 0 Å². The molecule has 0 bridgehead atoms. The molecular weight excluding hydrogens is 615 g/mol. The minimum absolute atomic E-state index is 0.00897. The van der Waals surface area contributed by atoms with Gasteiger partial charge in [0, 0.05) is 50.2 Å². The molecule has 3 atom stereocenters. The highest BCUT2D eigenvalue weighted by Gasteiger charge is 2.37. The number of carbonyl (C=O) groups excluding carboxylic acids is 4. The number of likely N-dealkylation sites (N-methyl/N-ethyl adjacent to an activating group) is 1. The summed E-state index contributed by atoms with van der Waals surface area (Å²) in [6.45, 7) is 8.23. The van der Waals surface area contributed by atoms with Crippen molar-refractivity contribution in [1.82, 2.24) is 30.2 Å². The van der Waals surface area contributed by atoms with Gasteiger partial charge in [0.05, 0.1) is 11.9 Å². The Balaban J connectivity index is 1.33. The van der Waals surface area contributed by atoms with Gasteiger partial charge in [0.25, 0.3) is 0 Å². The summed E-state index contributed by atoms with van der Waals surface area (Å²) in [6.07, 6.45) is 8.84. The first kappa shape index (κ1) is 35.3. The first-order valence-corrected chi connectivity index (χ1v) is 17.5. The van der Waals surface area contributed by atoms with Crippen molar-refractivity contribution in [2.75, 3.05) is 43.9 Å². The number of benzene rings is 1. The van der Waals surface area contributed by atoms with Crippen molar-refractivity contribution in [2.45, 2.75) is 96.2 Å². The molecule has 12 nitrogen and oxygen atoms in total. The van der Waals surface area contributed by atoms with Crippen LogP contribution >= 0.6 is 0 Å². The van der Waals surface area contributed by atoms with E-state index in [1.165, 1.54) is 12.1 Å². The van der Waals surface area contributed by atoms with Gasteiger partial charge in [-0.1, -0.05) is 38.7 Å². The summed E-state index contributed by atoms with van der Waals surface area (Å²) in [5, 5.41) is 15.6. The first-order valence-electron chi connectivity index (χ1n) is 17.5. The normalized spacial score (nSPS) is 19.6. The molecule has 13 heteroatoms. The van der Waals surface area contributed by atoms with Gasteiger partial charge in [0.15, 0.2) is 0 Å². The van der Waals surface area contributed by atoms with E-state index in [1.807, 2.05) is 20.9 Å². The lowest BCUT2D eigenvalue weighted by atomic mass is 9.84. The van der Waals surface area contributed by atoms with E-state index in [-0.39, 0.29) is 29.6 Å². The van der Waals surface area contributed by atoms with E-state index in [1.54, 1.807) is 34.8 Å². The Morgan fingerprint density at radius 3 is 2.17 bits per heavy atom. The Labute approximate surface area is 282 Å². The minimum atomic E-state index is -1.02. The van der Waals surface area contributed by atoms with Crippen molar-refractivity contribution in [1.29, 1.82) is 0 Å². The lowest BCUT2D eigenvalue weighted by molar-refractivity contribution is -0.135. The number of aromatic nitrogens is 2. The zero-order chi connectivity index (χ0) is 34.4. The van der Waals surface area contributed by atoms with Crippen molar-refractivity contribution in [3.8, 4) is 0 Å². The van der Waals surface area contributed by atoms with Crippen LogP contribution in [0.2, 0.25) is 0 Å². The molecule has 1 saturated heterocycles. The van der Waals surface area contributed by atoms with Crippen LogP contribution in [0.25, 0.3) is 0 Å². The largest absolute Gasteiger partial charge is 0.338 e. The third-order valence-electron chi connectivity index (χ3n) is 9.90. The van der Waals surface area contributed by atoms with Crippen molar-refractivity contribution in [3.05, 3.63) is 41.8 Å². The Morgan fingerprint density at radius 2 is 1.54 bits per heavy atom. The number of anilines is 2. The van der Waals surface area contributed by atoms with Gasteiger partial charge in [-0.15, -0.1) is 0 Å².